The summed E-state index contributed by atoms with van der Waals surface area (Å²) in [7, 11) is 0. The van der Waals surface area contributed by atoms with Crippen LogP contribution < -0.4 is 0 Å². The number of carbonyl (C=O) groups excluding carboxylic acids is 2. The summed E-state index contributed by atoms with van der Waals surface area (Å²) in [4.78, 5) is 30.0. The molecule has 14 nitrogen and oxygen atoms in total. The van der Waals surface area contributed by atoms with Crippen LogP contribution in [0, 0.1) is 18.3 Å². The summed E-state index contributed by atoms with van der Waals surface area (Å²) in [5, 5.41) is 90.8. The molecule has 15 heteroatoms. The molecule has 0 aliphatic carbocycles. The molecule has 0 saturated heterocycles. The predicted octanol–water partition coefficient (Wildman–Crippen LogP) is -5.51. The molecular weight excluding hydrogens is 424 g/mol. The van der Waals surface area contributed by atoms with Gasteiger partial charge in [0.2, 0.25) is 5.97 Å². The molecule has 0 bridgehead atoms. The average Bonchev–Trinajstić information content (AvgIpc) is 2.66. The minimum Gasteiger partial charge on any atom is -0.618 e. The number of aliphatic hydroxyl groups excluding tert-OH is 10. The van der Waals surface area contributed by atoms with Crippen LogP contribution in [0.3, 0.4) is 0 Å². The van der Waals surface area contributed by atoms with Gasteiger partial charge in [-0.15, -0.1) is 0 Å². The second kappa shape index (κ2) is 13.2. The maximum atomic E-state index is 11.3. The monoisotopic (exact) mass is 443 g/mol. The molecular formula is C12H19FeO14. The van der Waals surface area contributed by atoms with Crippen molar-refractivity contribution in [1.29, 1.82) is 0 Å². The topological polar surface area (TPSA) is 255 Å². The molecule has 0 amide bonds. The Balaban J connectivity index is 0. The Kier molecular flexibility index (Phi) is 13.7. The van der Waals surface area contributed by atoms with Gasteiger partial charge in [-0.05, 0) is 6.10 Å². The molecule has 10 N–H and O–H groups in total. The van der Waals surface area contributed by atoms with Crippen molar-refractivity contribution in [3.05, 3.63) is 18.3 Å². The van der Waals surface area contributed by atoms with Gasteiger partial charge in [0.1, 0.15) is 18.3 Å². The molecule has 1 radical (unpaired) electrons. The standard InChI is InChI=1S/C12H19O14.Fe/c13-1-3(15)5(17)7(19)9(21)11(23)25-26-12(24)10(22)8(20)6(18)4(16)2-14;/h3-5,7,9,13-22H,1-2H2;/q-3;+3. The van der Waals surface area contributed by atoms with E-state index in [4.69, 9.17) is 25.5 Å². The predicted molar refractivity (Wildman–Crippen MR) is 71.9 cm³/mol. The van der Waals surface area contributed by atoms with E-state index >= 15 is 0 Å². The van der Waals surface area contributed by atoms with E-state index in [2.05, 4.69) is 9.78 Å². The molecule has 0 saturated carbocycles. The summed E-state index contributed by atoms with van der Waals surface area (Å²) in [6.45, 7) is -2.11. The van der Waals surface area contributed by atoms with Crippen LogP contribution in [0.25, 0.3) is 0 Å². The maximum Gasteiger partial charge on any atom is 3.00 e. The SMILES string of the molecule is O=C(OOC(=O)C(O)C(O)C(O)C(O)CO)[C-](O)[C-](O)[C-](O)C(O)CO.[Fe+3]. The molecule has 0 aromatic carbocycles. The number of hydrogen-bond acceptors (Lipinski definition) is 14. The molecule has 0 aliphatic heterocycles. The molecule has 0 aliphatic rings. The Morgan fingerprint density at radius 3 is 1.81 bits per heavy atom. The van der Waals surface area contributed by atoms with E-state index in [1.165, 1.54) is 0 Å². The second-order valence-corrected chi connectivity index (χ2v) is 4.73. The van der Waals surface area contributed by atoms with Crippen LogP contribution in [0.1, 0.15) is 0 Å². The van der Waals surface area contributed by atoms with Gasteiger partial charge in [0.15, 0.2) is 6.10 Å². The fourth-order valence-electron chi connectivity index (χ4n) is 1.29. The first-order chi connectivity index (χ1) is 12.0. The zero-order chi connectivity index (χ0) is 20.6. The summed E-state index contributed by atoms with van der Waals surface area (Å²) < 4.78 is 0. The number of aliphatic hydroxyl groups is 10. The van der Waals surface area contributed by atoms with Crippen LogP contribution in [0.4, 0.5) is 0 Å². The number of carbonyl (C=O) groups is 2. The van der Waals surface area contributed by atoms with Crippen molar-refractivity contribution in [2.45, 2.75) is 30.5 Å². The maximum absolute atomic E-state index is 11.3. The third-order valence-electron chi connectivity index (χ3n) is 2.84. The molecule has 5 unspecified atom stereocenters. The summed E-state index contributed by atoms with van der Waals surface area (Å²) in [5.74, 6) is -3.88. The van der Waals surface area contributed by atoms with E-state index < -0.39 is 74.0 Å². The molecule has 0 rings (SSSR count). The molecule has 159 valence electrons. The Labute approximate surface area is 162 Å². The van der Waals surface area contributed by atoms with E-state index in [0.29, 0.717) is 0 Å². The van der Waals surface area contributed by atoms with E-state index in [9.17, 15) is 35.1 Å². The molecule has 0 aromatic heterocycles. The Hall–Kier alpha value is -1.07. The van der Waals surface area contributed by atoms with Crippen molar-refractivity contribution in [3.8, 4) is 0 Å². The Morgan fingerprint density at radius 1 is 0.852 bits per heavy atom. The van der Waals surface area contributed by atoms with Crippen LogP contribution >= 0.6 is 0 Å². The van der Waals surface area contributed by atoms with Gasteiger partial charge < -0.3 is 69.4 Å². The largest absolute Gasteiger partial charge is 3.00 e. The van der Waals surface area contributed by atoms with Gasteiger partial charge in [-0.3, -0.25) is 9.68 Å². The van der Waals surface area contributed by atoms with Crippen molar-refractivity contribution in [2.24, 2.45) is 0 Å². The first kappa shape index (κ1) is 28.1. The van der Waals surface area contributed by atoms with E-state index in [-0.39, 0.29) is 17.1 Å². The quantitative estimate of drug-likeness (QED) is 0.0654. The van der Waals surface area contributed by atoms with Crippen molar-refractivity contribution < 1.29 is 87.5 Å². The molecule has 27 heavy (non-hydrogen) atoms. The smallest absolute Gasteiger partial charge is 0.618 e. The summed E-state index contributed by atoms with van der Waals surface area (Å²) in [6.07, 6.45) is -15.9. The van der Waals surface area contributed by atoms with Crippen molar-refractivity contribution in [1.82, 2.24) is 0 Å². The van der Waals surface area contributed by atoms with Gasteiger partial charge >= 0.3 is 23.0 Å². The summed E-state index contributed by atoms with van der Waals surface area (Å²) >= 11 is 0. The zero-order valence-corrected chi connectivity index (χ0v) is 14.4. The Morgan fingerprint density at radius 2 is 1.37 bits per heavy atom. The normalized spacial score (nSPS) is 16.7. The van der Waals surface area contributed by atoms with Crippen LogP contribution in [0.15, 0.2) is 0 Å². The fraction of sp³-hybridized carbons (Fsp3) is 0.583. The van der Waals surface area contributed by atoms with E-state index in [0.717, 1.165) is 0 Å². The van der Waals surface area contributed by atoms with Crippen molar-refractivity contribution in [2.75, 3.05) is 13.2 Å². The van der Waals surface area contributed by atoms with Gasteiger partial charge in [-0.25, -0.2) is 9.68 Å². The minimum absolute atomic E-state index is 0. The summed E-state index contributed by atoms with van der Waals surface area (Å²) in [5.41, 5.74) is 0. The molecule has 0 fully saturated rings. The van der Waals surface area contributed by atoms with Gasteiger partial charge in [-0.2, -0.15) is 0 Å². The van der Waals surface area contributed by atoms with Crippen LogP contribution in [-0.4, -0.2) is 107 Å². The van der Waals surface area contributed by atoms with Gasteiger partial charge in [0.25, 0.3) is 0 Å². The fourth-order valence-corrected chi connectivity index (χ4v) is 1.29. The molecule has 5 atom stereocenters. The minimum atomic E-state index is -2.56. The first-order valence-corrected chi connectivity index (χ1v) is 6.72. The van der Waals surface area contributed by atoms with E-state index in [1.807, 2.05) is 0 Å². The molecule has 0 heterocycles. The average molecular weight is 443 g/mol. The first-order valence-electron chi connectivity index (χ1n) is 6.72. The molecule has 0 spiro atoms. The third kappa shape index (κ3) is 8.22. The Bertz CT molecular complexity index is 410. The number of rotatable bonds is 10. The summed E-state index contributed by atoms with van der Waals surface area (Å²) in [6, 6.07) is 0. The molecule has 0 aromatic rings. The van der Waals surface area contributed by atoms with Gasteiger partial charge in [-0.1, -0.05) is 0 Å². The van der Waals surface area contributed by atoms with Crippen molar-refractivity contribution >= 4 is 11.9 Å². The van der Waals surface area contributed by atoms with E-state index in [1.54, 1.807) is 0 Å². The second-order valence-electron chi connectivity index (χ2n) is 4.73. The van der Waals surface area contributed by atoms with Crippen LogP contribution in [0.5, 0.6) is 0 Å². The van der Waals surface area contributed by atoms with Crippen molar-refractivity contribution in [3.63, 3.8) is 0 Å². The van der Waals surface area contributed by atoms with Gasteiger partial charge in [0.05, 0.1) is 6.61 Å². The van der Waals surface area contributed by atoms with Gasteiger partial charge in [0, 0.05) is 6.61 Å². The zero-order valence-electron chi connectivity index (χ0n) is 13.3. The van der Waals surface area contributed by atoms with Crippen LogP contribution in [-0.2, 0) is 36.4 Å². The van der Waals surface area contributed by atoms with Crippen LogP contribution in [0.2, 0.25) is 0 Å². The third-order valence-corrected chi connectivity index (χ3v) is 2.84. The number of hydrogen-bond donors (Lipinski definition) is 10.